The summed E-state index contributed by atoms with van der Waals surface area (Å²) < 4.78 is 5.45. The summed E-state index contributed by atoms with van der Waals surface area (Å²) in [6.45, 7) is 4.08. The van der Waals surface area contributed by atoms with Crippen LogP contribution in [0.4, 0.5) is 10.6 Å². The van der Waals surface area contributed by atoms with Gasteiger partial charge < -0.3 is 9.64 Å². The topological polar surface area (TPSA) is 54.5 Å². The summed E-state index contributed by atoms with van der Waals surface area (Å²) in [6, 6.07) is 9.95. The Morgan fingerprint density at radius 3 is 2.58 bits per heavy atom. The van der Waals surface area contributed by atoms with Crippen molar-refractivity contribution in [3.63, 3.8) is 0 Å². The molecule has 0 radical (unpaired) electrons. The summed E-state index contributed by atoms with van der Waals surface area (Å²) in [5, 5.41) is 2.80. The Balaban J connectivity index is 0.00000196. The first-order valence-corrected chi connectivity index (χ1v) is 9.77. The second kappa shape index (κ2) is 8.37. The lowest BCUT2D eigenvalue weighted by atomic mass is 9.70. The molecule has 26 heavy (non-hydrogen) atoms. The van der Waals surface area contributed by atoms with E-state index in [4.69, 9.17) is 4.74 Å². The van der Waals surface area contributed by atoms with Gasteiger partial charge in [0.05, 0.1) is 17.0 Å². The summed E-state index contributed by atoms with van der Waals surface area (Å²) in [5.41, 5.74) is 3.19. The van der Waals surface area contributed by atoms with Gasteiger partial charge in [0.1, 0.15) is 0 Å². The lowest BCUT2D eigenvalue weighted by molar-refractivity contribution is 0.00672. The number of aromatic nitrogens is 1. The molecule has 3 aliphatic rings. The number of fused-ring (bicyclic) bond motifs is 3. The van der Waals surface area contributed by atoms with Crippen LogP contribution in [-0.2, 0) is 4.74 Å². The maximum Gasteiger partial charge on any atom is 0.412 e. The van der Waals surface area contributed by atoms with Crippen LogP contribution < -0.4 is 5.32 Å². The molecular weight excluding hydrogens is 370 g/mol. The van der Waals surface area contributed by atoms with E-state index in [2.05, 4.69) is 15.2 Å². The first-order valence-electron chi connectivity index (χ1n) is 8.89. The largest absolute Gasteiger partial charge is 0.449 e. The normalized spacial score (nSPS) is 23.9. The van der Waals surface area contributed by atoms with Crippen molar-refractivity contribution in [2.24, 2.45) is 5.41 Å². The average Bonchev–Trinajstić information content (AvgIpc) is 3.12. The summed E-state index contributed by atoms with van der Waals surface area (Å²) in [6.07, 6.45) is 4.27. The van der Waals surface area contributed by atoms with Gasteiger partial charge in [-0.3, -0.25) is 5.32 Å². The molecule has 5 rings (SSSR count). The Morgan fingerprint density at radius 1 is 1.19 bits per heavy atom. The van der Waals surface area contributed by atoms with E-state index in [0.717, 1.165) is 16.9 Å². The van der Waals surface area contributed by atoms with Crippen LogP contribution in [0.3, 0.4) is 0 Å². The van der Waals surface area contributed by atoms with Crippen molar-refractivity contribution < 1.29 is 9.53 Å². The lowest BCUT2D eigenvalue weighted by Crippen LogP contribution is -2.48. The van der Waals surface area contributed by atoms with E-state index < -0.39 is 6.09 Å². The van der Waals surface area contributed by atoms with Crippen LogP contribution in [0.5, 0.6) is 0 Å². The maximum atomic E-state index is 12.2. The zero-order valence-electron chi connectivity index (χ0n) is 14.6. The smallest absolute Gasteiger partial charge is 0.412 e. The Morgan fingerprint density at radius 2 is 1.88 bits per heavy atom. The highest BCUT2D eigenvalue weighted by Gasteiger charge is 2.39. The Kier molecular flexibility index (Phi) is 6.16. The maximum absolute atomic E-state index is 12.2. The Bertz CT molecular complexity index is 716. The molecule has 1 aromatic heterocycles. The fraction of sp³-hybridized carbons (Fsp3) is 0.474. The number of ether oxygens (including phenoxy) is 1. The van der Waals surface area contributed by atoms with E-state index in [9.17, 15) is 4.79 Å². The number of carbonyl (C=O) groups excluding carboxylic acids is 1. The first kappa shape index (κ1) is 19.1. The third kappa shape index (κ3) is 4.19. The Labute approximate surface area is 164 Å². The van der Waals surface area contributed by atoms with Crippen molar-refractivity contribution in [1.29, 1.82) is 0 Å². The monoisotopic (exact) mass is 393 g/mol. The molecule has 1 aromatic carbocycles. The van der Waals surface area contributed by atoms with Gasteiger partial charge >= 0.3 is 6.09 Å². The zero-order valence-corrected chi connectivity index (χ0v) is 16.3. The number of carbonyl (C=O) groups is 1. The molecule has 5 nitrogen and oxygen atoms in total. The molecule has 0 spiro atoms. The Hall–Kier alpha value is -1.63. The van der Waals surface area contributed by atoms with Crippen LogP contribution in [0.15, 0.2) is 35.8 Å². The number of hydrogen-bond acceptors (Lipinski definition) is 5. The van der Waals surface area contributed by atoms with Crippen molar-refractivity contribution in [2.45, 2.75) is 25.7 Å². The molecule has 3 aliphatic heterocycles. The first-order chi connectivity index (χ1) is 12.2. The molecule has 2 bridgehead atoms. The van der Waals surface area contributed by atoms with Gasteiger partial charge in [-0.15, -0.1) is 23.7 Å². The second-order valence-corrected chi connectivity index (χ2v) is 7.85. The van der Waals surface area contributed by atoms with Crippen molar-refractivity contribution in [3.05, 3.63) is 35.8 Å². The molecule has 1 N–H and O–H groups in total. The molecule has 0 atom stereocenters. The number of anilines is 1. The van der Waals surface area contributed by atoms with Crippen LogP contribution in [0.2, 0.25) is 0 Å². The third-order valence-corrected chi connectivity index (χ3v) is 6.44. The third-order valence-electron chi connectivity index (χ3n) is 5.56. The number of rotatable bonds is 5. The van der Waals surface area contributed by atoms with E-state index in [1.165, 1.54) is 50.2 Å². The van der Waals surface area contributed by atoms with E-state index in [1.54, 1.807) is 5.51 Å². The number of piperidine rings is 3. The van der Waals surface area contributed by atoms with Gasteiger partial charge in [0.25, 0.3) is 0 Å². The quantitative estimate of drug-likeness (QED) is 0.802. The minimum Gasteiger partial charge on any atom is -0.449 e. The summed E-state index contributed by atoms with van der Waals surface area (Å²) >= 11 is 1.51. The molecule has 0 aliphatic carbocycles. The molecule has 140 valence electrons. The van der Waals surface area contributed by atoms with Crippen LogP contribution in [0, 0.1) is 5.41 Å². The highest BCUT2D eigenvalue weighted by Crippen LogP contribution is 2.42. The van der Waals surface area contributed by atoms with Crippen LogP contribution in [0.25, 0.3) is 10.4 Å². The number of halogens is 1. The molecule has 2 aromatic rings. The number of nitrogens with one attached hydrogen (secondary N) is 1. The van der Waals surface area contributed by atoms with Crippen molar-refractivity contribution in [3.8, 4) is 10.4 Å². The van der Waals surface area contributed by atoms with Gasteiger partial charge in [-0.2, -0.15) is 0 Å². The predicted molar refractivity (Wildman–Crippen MR) is 107 cm³/mol. The number of thiazole rings is 1. The second-order valence-electron chi connectivity index (χ2n) is 7.00. The van der Waals surface area contributed by atoms with Gasteiger partial charge in [-0.25, -0.2) is 9.78 Å². The van der Waals surface area contributed by atoms with E-state index in [1.807, 2.05) is 30.3 Å². The fourth-order valence-electron chi connectivity index (χ4n) is 3.89. The molecule has 1 amide bonds. The molecule has 0 saturated carbocycles. The standard InChI is InChI=1S/C19H23N3O2S.ClH/c23-18(24-13-9-19-6-10-22(11-7-19)12-8-19)21-17-16(25-14-20-17)15-4-2-1-3-5-15;/h1-5,14H,6-13H2,(H,21,23);1H. The van der Waals surface area contributed by atoms with Crippen LogP contribution >= 0.6 is 23.7 Å². The molecular formula is C19H24ClN3O2S. The number of amides is 1. The minimum absolute atomic E-state index is 0. The summed E-state index contributed by atoms with van der Waals surface area (Å²) in [4.78, 5) is 19.9. The van der Waals surface area contributed by atoms with Crippen molar-refractivity contribution in [2.75, 3.05) is 31.6 Å². The van der Waals surface area contributed by atoms with E-state index in [0.29, 0.717) is 17.8 Å². The SMILES string of the molecule is Cl.O=C(Nc1ncsc1-c1ccccc1)OCCC12CCN(CC1)CC2. The average molecular weight is 394 g/mol. The highest BCUT2D eigenvalue weighted by atomic mass is 35.5. The predicted octanol–water partition coefficient (Wildman–Crippen LogP) is 4.66. The summed E-state index contributed by atoms with van der Waals surface area (Å²) in [5.74, 6) is 0.574. The van der Waals surface area contributed by atoms with Gasteiger partial charge in [-0.05, 0) is 56.3 Å². The number of benzene rings is 1. The number of hydrogen-bond donors (Lipinski definition) is 1. The fourth-order valence-corrected chi connectivity index (χ4v) is 4.64. The van der Waals surface area contributed by atoms with Gasteiger partial charge in [0, 0.05) is 0 Å². The van der Waals surface area contributed by atoms with Gasteiger partial charge in [0.15, 0.2) is 5.82 Å². The van der Waals surface area contributed by atoms with E-state index in [-0.39, 0.29) is 12.4 Å². The molecule has 3 saturated heterocycles. The van der Waals surface area contributed by atoms with Gasteiger partial charge in [-0.1, -0.05) is 30.3 Å². The van der Waals surface area contributed by atoms with Crippen molar-refractivity contribution in [1.82, 2.24) is 9.88 Å². The lowest BCUT2D eigenvalue weighted by Gasteiger charge is -2.48. The minimum atomic E-state index is -0.410. The molecule has 4 heterocycles. The molecule has 3 fully saturated rings. The van der Waals surface area contributed by atoms with Crippen molar-refractivity contribution >= 4 is 35.7 Å². The van der Waals surface area contributed by atoms with E-state index >= 15 is 0 Å². The summed E-state index contributed by atoms with van der Waals surface area (Å²) in [7, 11) is 0. The van der Waals surface area contributed by atoms with Gasteiger partial charge in [0.2, 0.25) is 0 Å². The zero-order chi connectivity index (χ0) is 17.1. The molecule has 0 unspecified atom stereocenters. The number of nitrogens with zero attached hydrogens (tertiary/aromatic N) is 2. The molecule has 7 heteroatoms. The highest BCUT2D eigenvalue weighted by molar-refractivity contribution is 7.13. The van der Waals surface area contributed by atoms with Crippen LogP contribution in [-0.4, -0.2) is 42.2 Å². The van der Waals surface area contributed by atoms with Crippen LogP contribution in [0.1, 0.15) is 25.7 Å².